The molecule has 5 rings (SSSR count). The average molecular weight is 608 g/mol. The molecule has 4 heterocycles. The highest BCUT2D eigenvalue weighted by Gasteiger charge is 2.31. The fourth-order valence-electron chi connectivity index (χ4n) is 4.91. The van der Waals surface area contributed by atoms with Gasteiger partial charge in [0.05, 0.1) is 18.0 Å². The lowest BCUT2D eigenvalue weighted by atomic mass is 10.1. The van der Waals surface area contributed by atoms with E-state index in [0.717, 1.165) is 43.1 Å². The van der Waals surface area contributed by atoms with Crippen LogP contribution in [0.15, 0.2) is 35.5 Å². The number of nitrogens with zero attached hydrogens (tertiary/aromatic N) is 5. The second-order valence-electron chi connectivity index (χ2n) is 9.93. The second kappa shape index (κ2) is 12.7. The summed E-state index contributed by atoms with van der Waals surface area (Å²) in [6.45, 7) is 3.81. The van der Waals surface area contributed by atoms with Gasteiger partial charge in [0.25, 0.3) is 0 Å². The Labute approximate surface area is 240 Å². The van der Waals surface area contributed by atoms with E-state index in [9.17, 15) is 22.0 Å². The van der Waals surface area contributed by atoms with E-state index in [-0.39, 0.29) is 40.7 Å². The molecule has 2 fully saturated rings. The fraction of sp³-hybridized carbons (Fsp3) is 0.462. The monoisotopic (exact) mass is 607 g/mol. The maximum Gasteiger partial charge on any atom is 0.316 e. The first-order valence-electron chi connectivity index (χ1n) is 13.4. The first-order chi connectivity index (χ1) is 19.7. The third-order valence-corrected chi connectivity index (χ3v) is 10.0. The van der Waals surface area contributed by atoms with Gasteiger partial charge in [0.2, 0.25) is 15.8 Å². The van der Waals surface area contributed by atoms with Crippen molar-refractivity contribution in [2.24, 2.45) is 0 Å². The number of nitrogens with two attached hydrogens (primary N) is 1. The minimum absolute atomic E-state index is 0.0106. The molecule has 220 valence electrons. The van der Waals surface area contributed by atoms with Crippen molar-refractivity contribution < 1.29 is 26.7 Å². The summed E-state index contributed by atoms with van der Waals surface area (Å²) in [6, 6.07) is 3.17. The number of nitrogens with one attached hydrogen (secondary N) is 1. The molecule has 2 aliphatic heterocycles. The number of aromatic nitrogens is 3. The minimum Gasteiger partial charge on any atom is -0.462 e. The normalized spacial score (nSPS) is 17.4. The second-order valence-corrected chi connectivity index (χ2v) is 12.9. The van der Waals surface area contributed by atoms with Crippen molar-refractivity contribution in [2.45, 2.75) is 43.0 Å². The van der Waals surface area contributed by atoms with Gasteiger partial charge in [0.15, 0.2) is 5.13 Å². The van der Waals surface area contributed by atoms with E-state index in [2.05, 4.69) is 25.2 Å². The number of sulfonamides is 1. The van der Waals surface area contributed by atoms with Crippen LogP contribution in [0.2, 0.25) is 0 Å². The van der Waals surface area contributed by atoms with E-state index < -0.39 is 33.0 Å². The predicted molar refractivity (Wildman–Crippen MR) is 150 cm³/mol. The topological polar surface area (TPSA) is 144 Å². The Kier molecular flexibility index (Phi) is 9.06. The number of hydrogen-bond acceptors (Lipinski definition) is 11. The van der Waals surface area contributed by atoms with E-state index in [1.165, 1.54) is 42.0 Å². The number of nitrogen functional groups attached to an aromatic ring is 1. The number of benzene rings is 1. The molecule has 2 saturated heterocycles. The third-order valence-electron chi connectivity index (χ3n) is 7.16. The lowest BCUT2D eigenvalue weighted by molar-refractivity contribution is 0.103. The maximum absolute atomic E-state index is 14.1. The number of rotatable bonds is 10. The van der Waals surface area contributed by atoms with E-state index >= 15 is 0 Å². The van der Waals surface area contributed by atoms with Crippen molar-refractivity contribution in [3.63, 3.8) is 0 Å². The standard InChI is InChI=1S/C26H31F2N7O4S2/c27-19-5-4-6-20(28)21(19)22(36)23-24(29)33-26(40-23)32-17-7-11-35(12-8-17)41(37,38)18-15-30-25(31-16-18)39-14-13-34-9-2-1-3-10-34/h4-6,15-17H,1-3,7-14,29H2,(H,32,33). The van der Waals surface area contributed by atoms with Gasteiger partial charge in [-0.1, -0.05) is 23.8 Å². The molecule has 0 unspecified atom stereocenters. The molecule has 1 aromatic carbocycles. The van der Waals surface area contributed by atoms with Gasteiger partial charge in [-0.05, 0) is 50.9 Å². The Morgan fingerprint density at radius 2 is 1.73 bits per heavy atom. The lowest BCUT2D eigenvalue weighted by Gasteiger charge is -2.31. The van der Waals surface area contributed by atoms with E-state index in [1.807, 2.05) is 0 Å². The summed E-state index contributed by atoms with van der Waals surface area (Å²) in [4.78, 5) is 27.3. The molecule has 0 amide bonds. The molecule has 0 aliphatic carbocycles. The average Bonchev–Trinajstić information content (AvgIpc) is 3.33. The lowest BCUT2D eigenvalue weighted by Crippen LogP contribution is -2.42. The van der Waals surface area contributed by atoms with Crippen molar-refractivity contribution >= 4 is 38.1 Å². The highest BCUT2D eigenvalue weighted by atomic mass is 32.2. The van der Waals surface area contributed by atoms with Crippen LogP contribution in [0, 0.1) is 11.6 Å². The summed E-state index contributed by atoms with van der Waals surface area (Å²) in [5, 5.41) is 3.47. The highest BCUT2D eigenvalue weighted by molar-refractivity contribution is 7.89. The molecule has 11 nitrogen and oxygen atoms in total. The molecular formula is C26H31F2N7O4S2. The van der Waals surface area contributed by atoms with Crippen molar-refractivity contribution in [2.75, 3.05) is 50.4 Å². The zero-order valence-electron chi connectivity index (χ0n) is 22.3. The van der Waals surface area contributed by atoms with Gasteiger partial charge < -0.3 is 15.8 Å². The molecule has 2 aromatic heterocycles. The Balaban J connectivity index is 1.13. The van der Waals surface area contributed by atoms with Gasteiger partial charge in [-0.2, -0.15) is 4.31 Å². The number of ketones is 1. The summed E-state index contributed by atoms with van der Waals surface area (Å²) < 4.78 is 61.4. The molecule has 3 aromatic rings. The van der Waals surface area contributed by atoms with Crippen molar-refractivity contribution in [3.05, 3.63) is 52.7 Å². The zero-order valence-corrected chi connectivity index (χ0v) is 23.9. The van der Waals surface area contributed by atoms with E-state index in [0.29, 0.717) is 24.6 Å². The van der Waals surface area contributed by atoms with Crippen LogP contribution in [0.5, 0.6) is 6.01 Å². The zero-order chi connectivity index (χ0) is 29.0. The minimum atomic E-state index is -3.80. The highest BCUT2D eigenvalue weighted by Crippen LogP contribution is 2.31. The number of hydrogen-bond donors (Lipinski definition) is 2. The molecule has 0 radical (unpaired) electrons. The van der Waals surface area contributed by atoms with Gasteiger partial charge in [0, 0.05) is 25.7 Å². The van der Waals surface area contributed by atoms with Crippen LogP contribution < -0.4 is 15.8 Å². The largest absolute Gasteiger partial charge is 0.462 e. The summed E-state index contributed by atoms with van der Waals surface area (Å²) in [5.41, 5.74) is 5.20. The Hall–Kier alpha value is -3.27. The van der Waals surface area contributed by atoms with Gasteiger partial charge in [-0.3, -0.25) is 9.69 Å². The Morgan fingerprint density at radius 3 is 2.39 bits per heavy atom. The fourth-order valence-corrected chi connectivity index (χ4v) is 7.18. The third kappa shape index (κ3) is 6.80. The molecule has 0 saturated carbocycles. The predicted octanol–water partition coefficient (Wildman–Crippen LogP) is 3.15. The molecule has 3 N–H and O–H groups in total. The number of ether oxygens (including phenoxy) is 1. The first-order valence-corrected chi connectivity index (χ1v) is 15.7. The van der Waals surface area contributed by atoms with Crippen LogP contribution in [-0.4, -0.2) is 83.7 Å². The Morgan fingerprint density at radius 1 is 1.07 bits per heavy atom. The molecule has 15 heteroatoms. The smallest absolute Gasteiger partial charge is 0.316 e. The maximum atomic E-state index is 14.1. The van der Waals surface area contributed by atoms with Crippen LogP contribution in [0.1, 0.15) is 47.3 Å². The van der Waals surface area contributed by atoms with Crippen LogP contribution >= 0.6 is 11.3 Å². The number of halogens is 2. The molecule has 0 spiro atoms. The van der Waals surface area contributed by atoms with Gasteiger partial charge in [0.1, 0.15) is 33.8 Å². The summed E-state index contributed by atoms with van der Waals surface area (Å²) >= 11 is 0.899. The molecule has 2 aliphatic rings. The molecule has 0 bridgehead atoms. The number of carbonyl (C=O) groups excluding carboxylic acids is 1. The Bertz CT molecular complexity index is 1450. The van der Waals surface area contributed by atoms with Crippen molar-refractivity contribution in [3.8, 4) is 6.01 Å². The number of anilines is 2. The van der Waals surface area contributed by atoms with Crippen LogP contribution in [0.3, 0.4) is 0 Å². The molecule has 41 heavy (non-hydrogen) atoms. The van der Waals surface area contributed by atoms with Crippen molar-refractivity contribution in [1.29, 1.82) is 0 Å². The number of carbonyl (C=O) groups is 1. The van der Waals surface area contributed by atoms with Gasteiger partial charge in [-0.15, -0.1) is 0 Å². The number of thiazole rings is 1. The summed E-state index contributed by atoms with van der Waals surface area (Å²) in [5.74, 6) is -2.98. The summed E-state index contributed by atoms with van der Waals surface area (Å²) in [6.07, 6.45) is 7.09. The van der Waals surface area contributed by atoms with Gasteiger partial charge in [-0.25, -0.2) is 32.2 Å². The van der Waals surface area contributed by atoms with Crippen LogP contribution in [0.4, 0.5) is 19.7 Å². The summed E-state index contributed by atoms with van der Waals surface area (Å²) in [7, 11) is -3.80. The first kappa shape index (κ1) is 29.2. The van der Waals surface area contributed by atoms with E-state index in [4.69, 9.17) is 10.5 Å². The SMILES string of the molecule is Nc1nc(NC2CCN(S(=O)(=O)c3cnc(OCCN4CCCCC4)nc3)CC2)sc1C(=O)c1c(F)cccc1F. The van der Waals surface area contributed by atoms with Crippen LogP contribution in [-0.2, 0) is 10.0 Å². The van der Waals surface area contributed by atoms with E-state index in [1.54, 1.807) is 0 Å². The molecule has 0 atom stereocenters. The quantitative estimate of drug-likeness (QED) is 0.330. The van der Waals surface area contributed by atoms with Crippen molar-refractivity contribution in [1.82, 2.24) is 24.2 Å². The number of piperidine rings is 2. The number of likely N-dealkylation sites (tertiary alicyclic amines) is 1. The molecular weight excluding hydrogens is 576 g/mol. The van der Waals surface area contributed by atoms with Crippen LogP contribution in [0.25, 0.3) is 0 Å². The van der Waals surface area contributed by atoms with Gasteiger partial charge >= 0.3 is 6.01 Å².